The smallest absolute Gasteiger partial charge is 0.127 e. The van der Waals surface area contributed by atoms with Crippen molar-refractivity contribution in [2.24, 2.45) is 0 Å². The number of hydrogen-bond acceptors (Lipinski definition) is 3. The Morgan fingerprint density at radius 2 is 2.00 bits per heavy atom. The standard InChI is InChI=1S/C16H19ClFN3/c1-11(12-6-4-5-7-14(12)18)21(3)10-15-13(17)8-9-16(19-2)20-15/h4-9,11H,10H2,1-3H3,(H,19,20). The molecule has 5 heteroatoms. The number of rotatable bonds is 5. The summed E-state index contributed by atoms with van der Waals surface area (Å²) in [4.78, 5) is 6.47. The molecule has 0 saturated carbocycles. The van der Waals surface area contributed by atoms with Crippen molar-refractivity contribution < 1.29 is 4.39 Å². The van der Waals surface area contributed by atoms with Crippen molar-refractivity contribution in [1.29, 1.82) is 0 Å². The van der Waals surface area contributed by atoms with Crippen molar-refractivity contribution in [3.63, 3.8) is 0 Å². The number of benzene rings is 1. The average molecular weight is 308 g/mol. The molecule has 0 fully saturated rings. The van der Waals surface area contributed by atoms with Crippen molar-refractivity contribution >= 4 is 17.4 Å². The highest BCUT2D eigenvalue weighted by atomic mass is 35.5. The fourth-order valence-electron chi connectivity index (χ4n) is 2.16. The fourth-order valence-corrected chi connectivity index (χ4v) is 2.32. The first-order chi connectivity index (χ1) is 10.0. The third-order valence-corrected chi connectivity index (χ3v) is 3.93. The molecule has 0 saturated heterocycles. The van der Waals surface area contributed by atoms with Crippen LogP contribution in [0.3, 0.4) is 0 Å². The van der Waals surface area contributed by atoms with E-state index >= 15 is 0 Å². The zero-order valence-electron chi connectivity index (χ0n) is 12.4. The van der Waals surface area contributed by atoms with Gasteiger partial charge in [0.2, 0.25) is 0 Å². The summed E-state index contributed by atoms with van der Waals surface area (Å²) in [6, 6.07) is 10.4. The molecule has 2 aromatic rings. The van der Waals surface area contributed by atoms with Gasteiger partial charge in [-0.2, -0.15) is 0 Å². The first kappa shape index (κ1) is 15.7. The summed E-state index contributed by atoms with van der Waals surface area (Å²) in [5.41, 5.74) is 1.44. The summed E-state index contributed by atoms with van der Waals surface area (Å²) in [6.07, 6.45) is 0. The molecule has 0 spiro atoms. The molecule has 1 aromatic carbocycles. The van der Waals surface area contributed by atoms with Gasteiger partial charge in [0.25, 0.3) is 0 Å². The topological polar surface area (TPSA) is 28.2 Å². The Labute approximate surface area is 129 Å². The molecule has 0 bridgehead atoms. The van der Waals surface area contributed by atoms with Gasteiger partial charge in [-0.3, -0.25) is 4.90 Å². The lowest BCUT2D eigenvalue weighted by molar-refractivity contribution is 0.245. The molecule has 0 aliphatic heterocycles. The molecule has 3 nitrogen and oxygen atoms in total. The van der Waals surface area contributed by atoms with E-state index in [0.29, 0.717) is 17.1 Å². The predicted molar refractivity (Wildman–Crippen MR) is 85.1 cm³/mol. The molecule has 21 heavy (non-hydrogen) atoms. The van der Waals surface area contributed by atoms with E-state index in [0.717, 1.165) is 11.5 Å². The molecular weight excluding hydrogens is 289 g/mol. The Bertz CT molecular complexity index is 618. The third kappa shape index (κ3) is 3.71. The van der Waals surface area contributed by atoms with Crippen LogP contribution < -0.4 is 5.32 Å². The van der Waals surface area contributed by atoms with Crippen LogP contribution in [0.1, 0.15) is 24.2 Å². The zero-order chi connectivity index (χ0) is 15.4. The van der Waals surface area contributed by atoms with E-state index in [2.05, 4.69) is 10.3 Å². The maximum atomic E-state index is 13.9. The molecule has 0 aliphatic rings. The molecule has 112 valence electrons. The van der Waals surface area contributed by atoms with Crippen LogP contribution in [0.15, 0.2) is 36.4 Å². The average Bonchev–Trinajstić information content (AvgIpc) is 2.49. The van der Waals surface area contributed by atoms with Crippen LogP contribution in [0.5, 0.6) is 0 Å². The van der Waals surface area contributed by atoms with Crippen LogP contribution in [0.2, 0.25) is 5.02 Å². The summed E-state index contributed by atoms with van der Waals surface area (Å²) >= 11 is 6.19. The van der Waals surface area contributed by atoms with Crippen molar-refractivity contribution in [2.45, 2.75) is 19.5 Å². The summed E-state index contributed by atoms with van der Waals surface area (Å²) < 4.78 is 13.9. The molecule has 2 rings (SSSR count). The largest absolute Gasteiger partial charge is 0.373 e. The minimum atomic E-state index is -0.195. The molecule has 0 radical (unpaired) electrons. The first-order valence-electron chi connectivity index (χ1n) is 6.80. The van der Waals surface area contributed by atoms with Gasteiger partial charge >= 0.3 is 0 Å². The van der Waals surface area contributed by atoms with Crippen molar-refractivity contribution in [3.05, 3.63) is 58.5 Å². The minimum absolute atomic E-state index is 0.0673. The summed E-state index contributed by atoms with van der Waals surface area (Å²) in [5.74, 6) is 0.571. The van der Waals surface area contributed by atoms with E-state index in [1.807, 2.05) is 44.1 Å². The second-order valence-corrected chi connectivity index (χ2v) is 5.39. The van der Waals surface area contributed by atoms with Gasteiger partial charge in [-0.1, -0.05) is 29.8 Å². The number of pyridine rings is 1. The van der Waals surface area contributed by atoms with Crippen molar-refractivity contribution in [2.75, 3.05) is 19.4 Å². The summed E-state index contributed by atoms with van der Waals surface area (Å²) in [6.45, 7) is 2.51. The Kier molecular flexibility index (Phi) is 5.15. The number of anilines is 1. The Balaban J connectivity index is 2.18. The highest BCUT2D eigenvalue weighted by molar-refractivity contribution is 6.31. The molecular formula is C16H19ClFN3. The Morgan fingerprint density at radius 3 is 2.67 bits per heavy atom. The highest BCUT2D eigenvalue weighted by Gasteiger charge is 2.17. The van der Waals surface area contributed by atoms with Gasteiger partial charge in [-0.25, -0.2) is 9.37 Å². The van der Waals surface area contributed by atoms with E-state index < -0.39 is 0 Å². The SMILES string of the molecule is CNc1ccc(Cl)c(CN(C)C(C)c2ccccc2F)n1. The number of nitrogens with one attached hydrogen (secondary N) is 1. The third-order valence-electron chi connectivity index (χ3n) is 3.59. The lowest BCUT2D eigenvalue weighted by Crippen LogP contribution is -2.23. The minimum Gasteiger partial charge on any atom is -0.373 e. The monoisotopic (exact) mass is 307 g/mol. The lowest BCUT2D eigenvalue weighted by atomic mass is 10.1. The van der Waals surface area contributed by atoms with Gasteiger partial charge in [0, 0.05) is 25.2 Å². The van der Waals surface area contributed by atoms with Gasteiger partial charge in [0.15, 0.2) is 0 Å². The van der Waals surface area contributed by atoms with Crippen LogP contribution in [0.25, 0.3) is 0 Å². The highest BCUT2D eigenvalue weighted by Crippen LogP contribution is 2.25. The van der Waals surface area contributed by atoms with E-state index in [-0.39, 0.29) is 11.9 Å². The van der Waals surface area contributed by atoms with Gasteiger partial charge in [-0.15, -0.1) is 0 Å². The number of aromatic nitrogens is 1. The van der Waals surface area contributed by atoms with Gasteiger partial charge in [0.1, 0.15) is 11.6 Å². The Hall–Kier alpha value is -1.65. The normalized spacial score (nSPS) is 12.5. The quantitative estimate of drug-likeness (QED) is 0.901. The molecule has 1 N–H and O–H groups in total. The van der Waals surface area contributed by atoms with Gasteiger partial charge < -0.3 is 5.32 Å². The Morgan fingerprint density at radius 1 is 1.29 bits per heavy atom. The van der Waals surface area contributed by atoms with E-state index in [4.69, 9.17) is 11.6 Å². The van der Waals surface area contributed by atoms with Gasteiger partial charge in [0.05, 0.1) is 10.7 Å². The van der Waals surface area contributed by atoms with E-state index in [1.165, 1.54) is 6.07 Å². The van der Waals surface area contributed by atoms with Crippen LogP contribution in [-0.4, -0.2) is 24.0 Å². The molecule has 1 atom stereocenters. The second kappa shape index (κ2) is 6.87. The number of hydrogen-bond donors (Lipinski definition) is 1. The van der Waals surface area contributed by atoms with Crippen molar-refractivity contribution in [3.8, 4) is 0 Å². The van der Waals surface area contributed by atoms with E-state index in [9.17, 15) is 4.39 Å². The fraction of sp³-hybridized carbons (Fsp3) is 0.312. The van der Waals surface area contributed by atoms with E-state index in [1.54, 1.807) is 12.1 Å². The molecule has 0 aliphatic carbocycles. The van der Waals surface area contributed by atoms with Crippen LogP contribution in [0.4, 0.5) is 10.2 Å². The second-order valence-electron chi connectivity index (χ2n) is 4.99. The first-order valence-corrected chi connectivity index (χ1v) is 7.18. The lowest BCUT2D eigenvalue weighted by Gasteiger charge is -2.25. The zero-order valence-corrected chi connectivity index (χ0v) is 13.2. The van der Waals surface area contributed by atoms with Gasteiger partial charge in [-0.05, 0) is 32.2 Å². The number of halogens is 2. The number of nitrogens with zero attached hydrogens (tertiary/aromatic N) is 2. The maximum Gasteiger partial charge on any atom is 0.127 e. The van der Waals surface area contributed by atoms with Crippen LogP contribution in [0, 0.1) is 5.82 Å². The molecule has 0 amide bonds. The van der Waals surface area contributed by atoms with Crippen LogP contribution in [-0.2, 0) is 6.54 Å². The summed E-state index contributed by atoms with van der Waals surface area (Å²) in [7, 11) is 3.74. The predicted octanol–water partition coefficient (Wildman–Crippen LogP) is 4.11. The summed E-state index contributed by atoms with van der Waals surface area (Å²) in [5, 5.41) is 3.60. The van der Waals surface area contributed by atoms with Crippen molar-refractivity contribution in [1.82, 2.24) is 9.88 Å². The molecule has 1 heterocycles. The molecule has 1 aromatic heterocycles. The van der Waals surface area contributed by atoms with Crippen LogP contribution >= 0.6 is 11.6 Å². The molecule has 1 unspecified atom stereocenters. The maximum absolute atomic E-state index is 13.9.